The van der Waals surface area contributed by atoms with Crippen LogP contribution in [0.15, 0.2) is 140 Å². The van der Waals surface area contributed by atoms with Crippen LogP contribution in [0, 0.1) is 12.8 Å². The molecule has 5 heteroatoms. The second-order valence-electron chi connectivity index (χ2n) is 19.3. The molecule has 10 rings (SSSR count). The average molecular weight is 873 g/mol. The molecule has 1 heterocycles. The van der Waals surface area contributed by atoms with Gasteiger partial charge < -0.3 is 18.9 Å². The standard InChI is InChI=1S/C61H60O5/c1-7-8-9-10-40-12-14-41(15-13-40)42-20-27-50(28-21-42)65-59(62)44-18-16-43(17-19-44)45-22-34-51-54(38-45)56-52-33-11-39(2)37-55(52)60(3,4)57(56)53-35-36-61(66-58(51)53,46-23-29-48(63-5)30-24-46)47-25-31-49(64-6)32-26-47/h11,16-38,40-41H,7-10,12-15H2,1-6H3. The number of esters is 1. The molecule has 7 aromatic carbocycles. The van der Waals surface area contributed by atoms with Gasteiger partial charge in [0.1, 0.15) is 23.0 Å². The van der Waals surface area contributed by atoms with E-state index in [0.29, 0.717) is 17.2 Å². The van der Waals surface area contributed by atoms with Crippen molar-refractivity contribution in [3.05, 3.63) is 184 Å². The summed E-state index contributed by atoms with van der Waals surface area (Å²) in [6, 6.07) is 45.9. The highest BCUT2D eigenvalue weighted by molar-refractivity contribution is 6.10. The molecular weight excluding hydrogens is 813 g/mol. The second-order valence-corrected chi connectivity index (χ2v) is 19.3. The summed E-state index contributed by atoms with van der Waals surface area (Å²) in [5.74, 6) is 4.10. The Labute approximate surface area is 390 Å². The highest BCUT2D eigenvalue weighted by atomic mass is 16.5. The van der Waals surface area contributed by atoms with Crippen molar-refractivity contribution in [2.75, 3.05) is 14.2 Å². The number of carbonyl (C=O) groups is 1. The van der Waals surface area contributed by atoms with Crippen molar-refractivity contribution in [1.82, 2.24) is 0 Å². The van der Waals surface area contributed by atoms with Gasteiger partial charge in [0, 0.05) is 27.5 Å². The molecular formula is C61H60O5. The fourth-order valence-corrected chi connectivity index (χ4v) is 11.2. The summed E-state index contributed by atoms with van der Waals surface area (Å²) in [5, 5.41) is 2.16. The van der Waals surface area contributed by atoms with E-state index in [0.717, 1.165) is 61.8 Å². The summed E-state index contributed by atoms with van der Waals surface area (Å²) in [4.78, 5) is 13.5. The van der Waals surface area contributed by atoms with Gasteiger partial charge in [-0.3, -0.25) is 0 Å². The molecule has 0 radical (unpaired) electrons. The molecule has 0 bridgehead atoms. The van der Waals surface area contributed by atoms with Crippen LogP contribution in [0.25, 0.3) is 39.1 Å². The fraction of sp³-hybridized carbons (Fsp3) is 0.295. The Balaban J connectivity index is 0.978. The van der Waals surface area contributed by atoms with Crippen molar-refractivity contribution in [2.24, 2.45) is 5.92 Å². The second kappa shape index (κ2) is 17.7. The van der Waals surface area contributed by atoms with E-state index in [4.69, 9.17) is 18.9 Å². The largest absolute Gasteiger partial charge is 0.497 e. The Hall–Kier alpha value is -6.59. The van der Waals surface area contributed by atoms with Crippen LogP contribution < -0.4 is 18.9 Å². The van der Waals surface area contributed by atoms with Crippen molar-refractivity contribution >= 4 is 22.8 Å². The third kappa shape index (κ3) is 7.76. The van der Waals surface area contributed by atoms with E-state index in [2.05, 4.69) is 113 Å². The van der Waals surface area contributed by atoms with E-state index in [1.54, 1.807) is 14.2 Å². The van der Waals surface area contributed by atoms with E-state index in [1.165, 1.54) is 84.7 Å². The number of hydrogen-bond donors (Lipinski definition) is 0. The van der Waals surface area contributed by atoms with Crippen molar-refractivity contribution in [3.8, 4) is 45.3 Å². The molecule has 0 amide bonds. The maximum absolute atomic E-state index is 13.5. The Morgan fingerprint density at radius 2 is 1.32 bits per heavy atom. The van der Waals surface area contributed by atoms with Gasteiger partial charge in [-0.1, -0.05) is 131 Å². The van der Waals surface area contributed by atoms with Gasteiger partial charge in [-0.15, -0.1) is 0 Å². The van der Waals surface area contributed by atoms with Gasteiger partial charge in [-0.05, 0) is 156 Å². The predicted octanol–water partition coefficient (Wildman–Crippen LogP) is 15.6. The molecule has 0 N–H and O–H groups in total. The number of carbonyl (C=O) groups excluding carboxylic acids is 1. The summed E-state index contributed by atoms with van der Waals surface area (Å²) in [5.41, 5.74) is 12.1. The normalized spacial score (nSPS) is 17.6. The molecule has 1 aliphatic heterocycles. The molecule has 66 heavy (non-hydrogen) atoms. The van der Waals surface area contributed by atoms with Gasteiger partial charge in [-0.25, -0.2) is 4.79 Å². The monoisotopic (exact) mass is 872 g/mol. The van der Waals surface area contributed by atoms with Gasteiger partial charge in [0.15, 0.2) is 5.60 Å². The molecule has 3 aliphatic rings. The molecule has 0 saturated heterocycles. The first kappa shape index (κ1) is 43.3. The van der Waals surface area contributed by atoms with Crippen LogP contribution in [0.1, 0.15) is 127 Å². The maximum Gasteiger partial charge on any atom is 0.343 e. The van der Waals surface area contributed by atoms with E-state index in [-0.39, 0.29) is 11.4 Å². The number of fused-ring (bicyclic) bond motifs is 8. The van der Waals surface area contributed by atoms with Crippen molar-refractivity contribution < 1.29 is 23.7 Å². The molecule has 1 saturated carbocycles. The van der Waals surface area contributed by atoms with Crippen molar-refractivity contribution in [1.29, 1.82) is 0 Å². The summed E-state index contributed by atoms with van der Waals surface area (Å²) in [7, 11) is 3.37. The number of rotatable bonds is 12. The minimum Gasteiger partial charge on any atom is -0.497 e. The van der Waals surface area contributed by atoms with Crippen LogP contribution in [0.2, 0.25) is 0 Å². The molecule has 0 unspecified atom stereocenters. The minimum absolute atomic E-state index is 0.297. The lowest BCUT2D eigenvalue weighted by Crippen LogP contribution is -2.35. The van der Waals surface area contributed by atoms with E-state index in [1.807, 2.05) is 60.7 Å². The molecule has 2 aliphatic carbocycles. The number of ether oxygens (including phenoxy) is 4. The van der Waals surface area contributed by atoms with Crippen molar-refractivity contribution in [2.45, 2.75) is 96.0 Å². The number of methoxy groups -OCH3 is 2. The highest BCUT2D eigenvalue weighted by Gasteiger charge is 2.44. The quantitative estimate of drug-likeness (QED) is 0.0695. The third-order valence-corrected chi connectivity index (χ3v) is 14.9. The lowest BCUT2D eigenvalue weighted by atomic mass is 9.76. The Kier molecular flexibility index (Phi) is 11.6. The average Bonchev–Trinajstić information content (AvgIpc) is 3.59. The Morgan fingerprint density at radius 3 is 1.95 bits per heavy atom. The molecule has 0 spiro atoms. The van der Waals surface area contributed by atoms with Crippen LogP contribution in [0.5, 0.6) is 23.0 Å². The number of unbranched alkanes of at least 4 members (excludes halogenated alkanes) is 2. The van der Waals surface area contributed by atoms with Crippen LogP contribution >= 0.6 is 0 Å². The first-order chi connectivity index (χ1) is 32.1. The van der Waals surface area contributed by atoms with E-state index in [9.17, 15) is 4.79 Å². The van der Waals surface area contributed by atoms with E-state index >= 15 is 0 Å². The SMILES string of the molecule is CCCCCC1CCC(c2ccc(OC(=O)c3ccc(-c4ccc5c6c(c7c(c5c4)-c4ccc(C)cc4C7(C)C)C=CC(c4ccc(OC)cc4)(c4ccc(OC)cc4)O6)cc3)cc2)CC1. The summed E-state index contributed by atoms with van der Waals surface area (Å²) in [6.45, 7) is 9.12. The van der Waals surface area contributed by atoms with E-state index < -0.39 is 5.60 Å². The molecule has 5 nitrogen and oxygen atoms in total. The zero-order chi connectivity index (χ0) is 45.6. The van der Waals surface area contributed by atoms with Gasteiger partial charge in [0.2, 0.25) is 0 Å². The number of hydrogen-bond acceptors (Lipinski definition) is 5. The number of benzene rings is 7. The smallest absolute Gasteiger partial charge is 0.343 e. The predicted molar refractivity (Wildman–Crippen MR) is 268 cm³/mol. The van der Waals surface area contributed by atoms with Gasteiger partial charge in [0.25, 0.3) is 0 Å². The number of aryl methyl sites for hydroxylation is 1. The minimum atomic E-state index is -0.934. The van der Waals surface area contributed by atoms with Gasteiger partial charge in [-0.2, -0.15) is 0 Å². The zero-order valence-electron chi connectivity index (χ0n) is 39.2. The Bertz CT molecular complexity index is 2880. The first-order valence-corrected chi connectivity index (χ1v) is 24.0. The lowest BCUT2D eigenvalue weighted by Gasteiger charge is -2.38. The Morgan fingerprint density at radius 1 is 0.682 bits per heavy atom. The molecule has 0 atom stereocenters. The summed E-state index contributed by atoms with van der Waals surface area (Å²) in [6.07, 6.45) is 15.0. The third-order valence-electron chi connectivity index (χ3n) is 14.9. The van der Waals surface area contributed by atoms with Gasteiger partial charge >= 0.3 is 5.97 Å². The summed E-state index contributed by atoms with van der Waals surface area (Å²) >= 11 is 0. The molecule has 0 aromatic heterocycles. The van der Waals surface area contributed by atoms with Crippen molar-refractivity contribution in [3.63, 3.8) is 0 Å². The highest BCUT2D eigenvalue weighted by Crippen LogP contribution is 2.58. The topological polar surface area (TPSA) is 54.0 Å². The van der Waals surface area contributed by atoms with Crippen LogP contribution in [-0.2, 0) is 11.0 Å². The van der Waals surface area contributed by atoms with Crippen LogP contribution in [0.4, 0.5) is 0 Å². The molecule has 7 aromatic rings. The van der Waals surface area contributed by atoms with Crippen LogP contribution in [0.3, 0.4) is 0 Å². The summed E-state index contributed by atoms with van der Waals surface area (Å²) < 4.78 is 24.6. The maximum atomic E-state index is 13.5. The lowest BCUT2D eigenvalue weighted by molar-refractivity contribution is 0.0734. The van der Waals surface area contributed by atoms with Gasteiger partial charge in [0.05, 0.1) is 19.8 Å². The van der Waals surface area contributed by atoms with Crippen LogP contribution in [-0.4, -0.2) is 20.2 Å². The fourth-order valence-electron chi connectivity index (χ4n) is 11.2. The first-order valence-electron chi connectivity index (χ1n) is 24.0. The zero-order valence-corrected chi connectivity index (χ0v) is 39.2. The molecule has 334 valence electrons. The molecule has 1 fully saturated rings.